The largest absolute Gasteiger partial charge is 0.315 e. The number of rotatable bonds is 4. The molecule has 2 N–H and O–H groups in total. The van der Waals surface area contributed by atoms with E-state index >= 15 is 0 Å². The molecule has 1 aromatic carbocycles. The average Bonchev–Trinajstić information content (AvgIpc) is 2.88. The lowest BCUT2D eigenvalue weighted by atomic mass is 9.92. The Labute approximate surface area is 124 Å². The zero-order valence-electron chi connectivity index (χ0n) is 12.5. The van der Waals surface area contributed by atoms with Crippen molar-refractivity contribution in [1.29, 1.82) is 0 Å². The minimum Gasteiger partial charge on any atom is -0.315 e. The van der Waals surface area contributed by atoms with E-state index in [4.69, 9.17) is 10.7 Å². The highest BCUT2D eigenvalue weighted by molar-refractivity contribution is 5.71. The molecule has 0 amide bonds. The quantitative estimate of drug-likeness (QED) is 0.799. The number of aromatic nitrogens is 3. The summed E-state index contributed by atoms with van der Waals surface area (Å²) in [5.41, 5.74) is 8.86. The topological polar surface area (TPSA) is 56.7 Å². The van der Waals surface area contributed by atoms with Crippen LogP contribution in [0, 0.1) is 0 Å². The van der Waals surface area contributed by atoms with E-state index in [9.17, 15) is 0 Å². The monoisotopic (exact) mass is 280 g/mol. The molecule has 0 radical (unpaired) electrons. The minimum absolute atomic E-state index is 0.642. The fraction of sp³-hybridized carbons (Fsp3) is 0.294. The fourth-order valence-corrected chi connectivity index (χ4v) is 2.70. The number of benzene rings is 1. The Morgan fingerprint density at radius 1 is 1.14 bits per heavy atom. The van der Waals surface area contributed by atoms with E-state index in [1.807, 2.05) is 49.4 Å². The Morgan fingerprint density at radius 2 is 1.90 bits per heavy atom. The molecule has 0 spiro atoms. The van der Waals surface area contributed by atoms with Crippen LogP contribution < -0.4 is 5.73 Å². The van der Waals surface area contributed by atoms with Crippen LogP contribution in [-0.4, -0.2) is 14.5 Å². The highest BCUT2D eigenvalue weighted by atomic mass is 15.2. The summed E-state index contributed by atoms with van der Waals surface area (Å²) in [5.74, 6) is 0.865. The smallest absolute Gasteiger partial charge is 0.160 e. The van der Waals surface area contributed by atoms with Crippen LogP contribution in [0.25, 0.3) is 11.2 Å². The summed E-state index contributed by atoms with van der Waals surface area (Å²) in [6, 6.07) is 14.0. The number of aryl methyl sites for hydroxylation is 1. The van der Waals surface area contributed by atoms with Crippen molar-refractivity contribution in [3.63, 3.8) is 0 Å². The molecule has 3 rings (SSSR count). The fourth-order valence-electron chi connectivity index (χ4n) is 2.70. The summed E-state index contributed by atoms with van der Waals surface area (Å²) >= 11 is 0. The molecule has 0 aliphatic carbocycles. The molecule has 2 heterocycles. The van der Waals surface area contributed by atoms with Gasteiger partial charge < -0.3 is 10.3 Å². The molecule has 1 atom stereocenters. The third kappa shape index (κ3) is 2.32. The second-order valence-electron chi connectivity index (χ2n) is 5.50. The summed E-state index contributed by atoms with van der Waals surface area (Å²) in [6.45, 7) is 5.02. The number of pyridine rings is 1. The van der Waals surface area contributed by atoms with Gasteiger partial charge in [-0.2, -0.15) is 0 Å². The highest BCUT2D eigenvalue weighted by Crippen LogP contribution is 2.28. The molecule has 0 aliphatic heterocycles. The molecular formula is C17H20N4. The van der Waals surface area contributed by atoms with Gasteiger partial charge in [-0.1, -0.05) is 37.3 Å². The standard InChI is InChI=1S/C17H20N4/c1-3-12-21-15-14(10-7-11-19-15)20-16(21)17(2,18)13-8-5-4-6-9-13/h4-11H,3,12,18H2,1-2H3. The lowest BCUT2D eigenvalue weighted by Gasteiger charge is -2.25. The van der Waals surface area contributed by atoms with Gasteiger partial charge in [0.15, 0.2) is 5.65 Å². The molecule has 4 nitrogen and oxygen atoms in total. The van der Waals surface area contributed by atoms with Crippen LogP contribution in [0.1, 0.15) is 31.7 Å². The first-order chi connectivity index (χ1) is 10.1. The van der Waals surface area contributed by atoms with Crippen molar-refractivity contribution in [1.82, 2.24) is 14.5 Å². The van der Waals surface area contributed by atoms with Gasteiger partial charge in [-0.05, 0) is 31.0 Å². The zero-order chi connectivity index (χ0) is 14.9. The van der Waals surface area contributed by atoms with Crippen molar-refractivity contribution in [2.45, 2.75) is 32.4 Å². The predicted octanol–water partition coefficient (Wildman–Crippen LogP) is 3.06. The van der Waals surface area contributed by atoms with Gasteiger partial charge in [0.05, 0.1) is 5.54 Å². The molecule has 21 heavy (non-hydrogen) atoms. The number of nitrogens with two attached hydrogens (primary N) is 1. The Hall–Kier alpha value is -2.20. The lowest BCUT2D eigenvalue weighted by Crippen LogP contribution is -2.37. The van der Waals surface area contributed by atoms with Gasteiger partial charge in [-0.15, -0.1) is 0 Å². The Bertz CT molecular complexity index is 744. The minimum atomic E-state index is -0.642. The summed E-state index contributed by atoms with van der Waals surface area (Å²) in [4.78, 5) is 9.23. The first-order valence-electron chi connectivity index (χ1n) is 7.30. The summed E-state index contributed by atoms with van der Waals surface area (Å²) in [5, 5.41) is 0. The van der Waals surface area contributed by atoms with E-state index in [-0.39, 0.29) is 0 Å². The normalized spacial score (nSPS) is 14.2. The SMILES string of the molecule is CCCn1c(C(C)(N)c2ccccc2)nc2cccnc21. The maximum Gasteiger partial charge on any atom is 0.160 e. The van der Waals surface area contributed by atoms with Crippen LogP contribution in [0.15, 0.2) is 48.7 Å². The van der Waals surface area contributed by atoms with E-state index in [1.165, 1.54) is 0 Å². The molecule has 0 fully saturated rings. The molecule has 4 heteroatoms. The molecule has 3 aromatic rings. The Morgan fingerprint density at radius 3 is 2.62 bits per heavy atom. The third-order valence-corrected chi connectivity index (χ3v) is 3.79. The average molecular weight is 280 g/mol. The molecule has 1 unspecified atom stereocenters. The Kier molecular flexibility index (Phi) is 3.47. The van der Waals surface area contributed by atoms with E-state index in [0.717, 1.165) is 35.5 Å². The van der Waals surface area contributed by atoms with Crippen molar-refractivity contribution in [2.24, 2.45) is 5.73 Å². The molecule has 0 saturated heterocycles. The molecule has 108 valence electrons. The molecule has 0 aliphatic rings. The van der Waals surface area contributed by atoms with Gasteiger partial charge in [0, 0.05) is 12.7 Å². The number of imidazole rings is 1. The van der Waals surface area contributed by atoms with Crippen molar-refractivity contribution in [3.05, 3.63) is 60.0 Å². The molecule has 0 saturated carbocycles. The van der Waals surface area contributed by atoms with Crippen molar-refractivity contribution >= 4 is 11.2 Å². The first kappa shape index (κ1) is 13.8. The number of hydrogen-bond donors (Lipinski definition) is 1. The second kappa shape index (κ2) is 5.30. The van der Waals surface area contributed by atoms with Crippen molar-refractivity contribution in [3.8, 4) is 0 Å². The van der Waals surface area contributed by atoms with Crippen LogP contribution >= 0.6 is 0 Å². The second-order valence-corrected chi connectivity index (χ2v) is 5.50. The van der Waals surface area contributed by atoms with E-state index in [1.54, 1.807) is 6.20 Å². The van der Waals surface area contributed by atoms with Gasteiger partial charge in [-0.25, -0.2) is 9.97 Å². The molecule has 2 aromatic heterocycles. The number of nitrogens with zero attached hydrogens (tertiary/aromatic N) is 3. The maximum absolute atomic E-state index is 6.64. The van der Waals surface area contributed by atoms with Gasteiger partial charge in [0.25, 0.3) is 0 Å². The van der Waals surface area contributed by atoms with Crippen molar-refractivity contribution in [2.75, 3.05) is 0 Å². The van der Waals surface area contributed by atoms with Crippen LogP contribution in [0.3, 0.4) is 0 Å². The summed E-state index contributed by atoms with van der Waals surface area (Å²) in [7, 11) is 0. The predicted molar refractivity (Wildman–Crippen MR) is 84.9 cm³/mol. The van der Waals surface area contributed by atoms with Gasteiger partial charge in [0.2, 0.25) is 0 Å². The van der Waals surface area contributed by atoms with Gasteiger partial charge in [-0.3, -0.25) is 0 Å². The van der Waals surface area contributed by atoms with Crippen LogP contribution in [0.5, 0.6) is 0 Å². The highest BCUT2D eigenvalue weighted by Gasteiger charge is 2.30. The number of fused-ring (bicyclic) bond motifs is 1. The summed E-state index contributed by atoms with van der Waals surface area (Å²) < 4.78 is 2.14. The van der Waals surface area contributed by atoms with Gasteiger partial charge in [0.1, 0.15) is 11.3 Å². The number of hydrogen-bond acceptors (Lipinski definition) is 3. The van der Waals surface area contributed by atoms with E-state index in [2.05, 4.69) is 16.5 Å². The molecular weight excluding hydrogens is 260 g/mol. The lowest BCUT2D eigenvalue weighted by molar-refractivity contribution is 0.510. The Balaban J connectivity index is 2.21. The zero-order valence-corrected chi connectivity index (χ0v) is 12.5. The van der Waals surface area contributed by atoms with E-state index < -0.39 is 5.54 Å². The van der Waals surface area contributed by atoms with Crippen molar-refractivity contribution < 1.29 is 0 Å². The first-order valence-corrected chi connectivity index (χ1v) is 7.30. The van der Waals surface area contributed by atoms with E-state index in [0.29, 0.717) is 0 Å². The third-order valence-electron chi connectivity index (χ3n) is 3.79. The van der Waals surface area contributed by atoms with Crippen LogP contribution in [0.4, 0.5) is 0 Å². The maximum atomic E-state index is 6.64. The molecule has 0 bridgehead atoms. The summed E-state index contributed by atoms with van der Waals surface area (Å²) in [6.07, 6.45) is 2.82. The van der Waals surface area contributed by atoms with Gasteiger partial charge >= 0.3 is 0 Å². The van der Waals surface area contributed by atoms with Crippen LogP contribution in [0.2, 0.25) is 0 Å². The van der Waals surface area contributed by atoms with Crippen LogP contribution in [-0.2, 0) is 12.1 Å².